The lowest BCUT2D eigenvalue weighted by atomic mass is 10.0. The highest BCUT2D eigenvalue weighted by Gasteiger charge is 2.25. The molecule has 2 amide bonds. The van der Waals surface area contributed by atoms with Crippen molar-refractivity contribution in [1.82, 2.24) is 30.4 Å². The van der Waals surface area contributed by atoms with Crippen LogP contribution in [0.25, 0.3) is 21.8 Å². The highest BCUT2D eigenvalue weighted by atomic mass is 19.1. The van der Waals surface area contributed by atoms with Gasteiger partial charge in [0.1, 0.15) is 12.1 Å². The molecule has 0 bridgehead atoms. The smallest absolute Gasteiger partial charge is 0.316 e. The predicted octanol–water partition coefficient (Wildman–Crippen LogP) is 2.61. The largest absolute Gasteiger partial charge is 0.463 e. The standard InChI is InChI=1S/C27H31FN8O3/c1-15-12-36(13-16(2)31-15)22-6-5-19(25-20(22)11-30-27(33-25)39-8-7-23(37)29-3)26(38)32-18-9-17-14-35(4)34-24(17)21(28)10-18/h5-6,9-11,14-16,31H,7-8,12-13H2,1-4H3,(H,29,37)(H,32,38)/t15-,16+. The van der Waals surface area contributed by atoms with E-state index in [2.05, 4.69) is 49.8 Å². The maximum atomic E-state index is 14.6. The van der Waals surface area contributed by atoms with E-state index in [0.29, 0.717) is 22.0 Å². The van der Waals surface area contributed by atoms with E-state index in [0.717, 1.165) is 18.8 Å². The summed E-state index contributed by atoms with van der Waals surface area (Å²) >= 11 is 0. The van der Waals surface area contributed by atoms with Crippen LogP contribution in [-0.2, 0) is 11.8 Å². The summed E-state index contributed by atoms with van der Waals surface area (Å²) in [7, 11) is 3.26. The van der Waals surface area contributed by atoms with Crippen LogP contribution in [0.3, 0.4) is 0 Å². The van der Waals surface area contributed by atoms with E-state index in [1.54, 1.807) is 38.6 Å². The highest BCUT2D eigenvalue weighted by Crippen LogP contribution is 2.31. The fraction of sp³-hybridized carbons (Fsp3) is 0.370. The van der Waals surface area contributed by atoms with E-state index < -0.39 is 11.7 Å². The summed E-state index contributed by atoms with van der Waals surface area (Å²) in [5.41, 5.74) is 2.13. The molecule has 39 heavy (non-hydrogen) atoms. The zero-order chi connectivity index (χ0) is 27.7. The molecule has 1 saturated heterocycles. The normalized spacial score (nSPS) is 17.4. The van der Waals surface area contributed by atoms with Crippen molar-refractivity contribution in [3.63, 3.8) is 0 Å². The molecule has 0 aliphatic carbocycles. The highest BCUT2D eigenvalue weighted by molar-refractivity contribution is 6.14. The number of benzene rings is 2. The zero-order valence-corrected chi connectivity index (χ0v) is 22.3. The molecule has 0 radical (unpaired) electrons. The van der Waals surface area contributed by atoms with Crippen molar-refractivity contribution < 1.29 is 18.7 Å². The molecule has 11 nitrogen and oxygen atoms in total. The van der Waals surface area contributed by atoms with Gasteiger partial charge in [0.05, 0.1) is 17.5 Å². The van der Waals surface area contributed by atoms with Gasteiger partial charge in [0.25, 0.3) is 5.91 Å². The Balaban J connectivity index is 1.51. The van der Waals surface area contributed by atoms with Crippen LogP contribution in [-0.4, -0.2) is 70.4 Å². The molecule has 2 aromatic heterocycles. The van der Waals surface area contributed by atoms with Crippen molar-refractivity contribution in [2.24, 2.45) is 7.05 Å². The first kappa shape index (κ1) is 26.3. The summed E-state index contributed by atoms with van der Waals surface area (Å²) in [6.07, 6.45) is 3.47. The second kappa shape index (κ2) is 10.8. The average Bonchev–Trinajstić information content (AvgIpc) is 3.27. The van der Waals surface area contributed by atoms with Gasteiger partial charge in [0.2, 0.25) is 5.91 Å². The Morgan fingerprint density at radius 2 is 1.95 bits per heavy atom. The minimum atomic E-state index is -0.528. The first-order valence-electron chi connectivity index (χ1n) is 12.8. The lowest BCUT2D eigenvalue weighted by Gasteiger charge is -2.38. The van der Waals surface area contributed by atoms with E-state index in [4.69, 9.17) is 4.74 Å². The Kier molecular flexibility index (Phi) is 7.29. The molecule has 4 aromatic rings. The number of nitrogens with zero attached hydrogens (tertiary/aromatic N) is 5. The quantitative estimate of drug-likeness (QED) is 0.330. The van der Waals surface area contributed by atoms with Crippen LogP contribution in [0.1, 0.15) is 30.6 Å². The van der Waals surface area contributed by atoms with Crippen molar-refractivity contribution in [1.29, 1.82) is 0 Å². The molecule has 1 aliphatic rings. The lowest BCUT2D eigenvalue weighted by molar-refractivity contribution is -0.121. The number of amides is 2. The average molecular weight is 535 g/mol. The summed E-state index contributed by atoms with van der Waals surface area (Å²) in [5.74, 6) is -1.15. The maximum absolute atomic E-state index is 14.6. The van der Waals surface area contributed by atoms with Gasteiger partial charge in [-0.2, -0.15) is 10.1 Å². The van der Waals surface area contributed by atoms with Crippen LogP contribution >= 0.6 is 0 Å². The molecule has 12 heteroatoms. The second-order valence-electron chi connectivity index (χ2n) is 9.85. The minimum absolute atomic E-state index is 0.0578. The van der Waals surface area contributed by atoms with E-state index in [1.165, 1.54) is 10.7 Å². The summed E-state index contributed by atoms with van der Waals surface area (Å²) in [4.78, 5) is 36.3. The third kappa shape index (κ3) is 5.60. The Morgan fingerprint density at radius 3 is 2.69 bits per heavy atom. The van der Waals surface area contributed by atoms with Gasteiger partial charge in [-0.05, 0) is 38.1 Å². The number of nitrogens with one attached hydrogen (secondary N) is 3. The molecular formula is C27H31FN8O3. The lowest BCUT2D eigenvalue weighted by Crippen LogP contribution is -2.54. The van der Waals surface area contributed by atoms with Crippen LogP contribution in [0.15, 0.2) is 36.7 Å². The van der Waals surface area contributed by atoms with Gasteiger partial charge in [-0.25, -0.2) is 9.37 Å². The monoisotopic (exact) mass is 534 g/mol. The molecule has 2 aromatic carbocycles. The maximum Gasteiger partial charge on any atom is 0.316 e. The molecular weight excluding hydrogens is 503 g/mol. The van der Waals surface area contributed by atoms with Crippen molar-refractivity contribution in [2.45, 2.75) is 32.4 Å². The van der Waals surface area contributed by atoms with Gasteiger partial charge in [0.15, 0.2) is 5.82 Å². The fourth-order valence-corrected chi connectivity index (χ4v) is 4.98. The van der Waals surface area contributed by atoms with Gasteiger partial charge in [-0.15, -0.1) is 0 Å². The number of ether oxygens (including phenoxy) is 1. The number of anilines is 2. The second-order valence-corrected chi connectivity index (χ2v) is 9.85. The van der Waals surface area contributed by atoms with E-state index in [9.17, 15) is 14.0 Å². The molecule has 3 heterocycles. The number of carbonyl (C=O) groups is 2. The minimum Gasteiger partial charge on any atom is -0.463 e. The number of aromatic nitrogens is 4. The molecule has 1 fully saturated rings. The van der Waals surface area contributed by atoms with Crippen molar-refractivity contribution >= 4 is 45.0 Å². The number of halogens is 1. The van der Waals surface area contributed by atoms with Crippen LogP contribution in [0, 0.1) is 5.82 Å². The number of aryl methyl sites for hydroxylation is 1. The first-order valence-corrected chi connectivity index (χ1v) is 12.8. The topological polar surface area (TPSA) is 126 Å². The van der Waals surface area contributed by atoms with Gasteiger partial charge in [0, 0.05) is 73.8 Å². The Bertz CT molecular complexity index is 1550. The van der Waals surface area contributed by atoms with Crippen LogP contribution in [0.4, 0.5) is 15.8 Å². The number of rotatable bonds is 7. The molecule has 3 N–H and O–H groups in total. The SMILES string of the molecule is CNC(=O)CCOc1ncc2c(N3C[C@@H](C)N[C@@H](C)C3)ccc(C(=O)Nc3cc(F)c4nn(C)cc4c3)c2n1. The third-order valence-electron chi connectivity index (χ3n) is 6.62. The fourth-order valence-electron chi connectivity index (χ4n) is 4.98. The molecule has 204 valence electrons. The predicted molar refractivity (Wildman–Crippen MR) is 147 cm³/mol. The Morgan fingerprint density at radius 1 is 1.18 bits per heavy atom. The van der Waals surface area contributed by atoms with Gasteiger partial charge in [-0.1, -0.05) is 0 Å². The Hall–Kier alpha value is -4.32. The van der Waals surface area contributed by atoms with E-state index in [1.807, 2.05) is 6.07 Å². The third-order valence-corrected chi connectivity index (χ3v) is 6.62. The summed E-state index contributed by atoms with van der Waals surface area (Å²) in [5, 5.41) is 14.2. The van der Waals surface area contributed by atoms with Crippen LogP contribution in [0.2, 0.25) is 0 Å². The molecule has 0 unspecified atom stereocenters. The number of fused-ring (bicyclic) bond motifs is 2. The van der Waals surface area contributed by atoms with Crippen molar-refractivity contribution in [2.75, 3.05) is 37.0 Å². The molecule has 2 atom stereocenters. The van der Waals surface area contributed by atoms with Gasteiger partial charge < -0.3 is 25.6 Å². The number of carbonyl (C=O) groups excluding carboxylic acids is 2. The summed E-state index contributed by atoms with van der Waals surface area (Å²) < 4.78 is 21.8. The molecule has 0 spiro atoms. The first-order chi connectivity index (χ1) is 18.7. The molecule has 0 saturated carbocycles. The van der Waals surface area contributed by atoms with Gasteiger partial charge in [-0.3, -0.25) is 14.3 Å². The molecule has 5 rings (SSSR count). The summed E-state index contributed by atoms with van der Waals surface area (Å²) in [6.45, 7) is 5.89. The van der Waals surface area contributed by atoms with Crippen LogP contribution < -0.4 is 25.6 Å². The summed E-state index contributed by atoms with van der Waals surface area (Å²) in [6, 6.07) is 7.13. The van der Waals surface area contributed by atoms with Crippen molar-refractivity contribution in [3.8, 4) is 6.01 Å². The number of hydrogen-bond acceptors (Lipinski definition) is 8. The van der Waals surface area contributed by atoms with Crippen LogP contribution in [0.5, 0.6) is 6.01 Å². The number of piperazine rings is 1. The zero-order valence-electron chi connectivity index (χ0n) is 22.3. The Labute approximate surface area is 224 Å². The van der Waals surface area contributed by atoms with Crippen molar-refractivity contribution in [3.05, 3.63) is 48.0 Å². The van der Waals surface area contributed by atoms with Gasteiger partial charge >= 0.3 is 6.01 Å². The molecule has 1 aliphatic heterocycles. The van der Waals surface area contributed by atoms with E-state index >= 15 is 0 Å². The van der Waals surface area contributed by atoms with E-state index in [-0.39, 0.29) is 48.1 Å². The number of hydrogen-bond donors (Lipinski definition) is 3.